The molecular weight excluding hydrogens is 359 g/mol. The van der Waals surface area contributed by atoms with Crippen LogP contribution in [-0.2, 0) is 14.3 Å². The molecule has 25 heavy (non-hydrogen) atoms. The van der Waals surface area contributed by atoms with Gasteiger partial charge in [-0.25, -0.2) is 4.79 Å². The maximum absolute atomic E-state index is 11.6. The molecule has 0 saturated heterocycles. The molecule has 5 heteroatoms. The maximum atomic E-state index is 11.6. The van der Waals surface area contributed by atoms with Gasteiger partial charge in [-0.1, -0.05) is 35.3 Å². The maximum Gasteiger partial charge on any atom is 0.334 e. The Balaban J connectivity index is 2.04. The number of esters is 1. The van der Waals surface area contributed by atoms with Crippen molar-refractivity contribution in [1.29, 1.82) is 0 Å². The quantitative estimate of drug-likeness (QED) is 0.526. The van der Waals surface area contributed by atoms with E-state index in [1.807, 2.05) is 42.5 Å². The zero-order chi connectivity index (χ0) is 17.8. The Morgan fingerprint density at radius 1 is 0.920 bits per heavy atom. The summed E-state index contributed by atoms with van der Waals surface area (Å²) in [7, 11) is 1.32. The number of benzene rings is 2. The van der Waals surface area contributed by atoms with E-state index in [2.05, 4.69) is 4.74 Å². The van der Waals surface area contributed by atoms with E-state index in [0.717, 1.165) is 16.7 Å². The van der Waals surface area contributed by atoms with Crippen molar-refractivity contribution in [3.05, 3.63) is 93.7 Å². The minimum Gasteiger partial charge on any atom is -0.466 e. The molecule has 2 aromatic carbocycles. The van der Waals surface area contributed by atoms with Gasteiger partial charge >= 0.3 is 5.97 Å². The molecule has 0 fully saturated rings. The third kappa shape index (κ3) is 4.32. The summed E-state index contributed by atoms with van der Waals surface area (Å²) in [5.41, 5.74) is 2.69. The average Bonchev–Trinajstić information content (AvgIpc) is 2.62. The summed E-state index contributed by atoms with van der Waals surface area (Å²) in [5, 5.41) is 1.29. The molecule has 1 heterocycles. The Morgan fingerprint density at radius 3 is 2.04 bits per heavy atom. The van der Waals surface area contributed by atoms with Crippen molar-refractivity contribution in [2.24, 2.45) is 0 Å². The van der Waals surface area contributed by atoms with E-state index >= 15 is 0 Å². The van der Waals surface area contributed by atoms with Crippen molar-refractivity contribution in [3.8, 4) is 0 Å². The van der Waals surface area contributed by atoms with Crippen LogP contribution >= 0.6 is 23.2 Å². The predicted octanol–water partition coefficient (Wildman–Crippen LogP) is 5.51. The summed E-state index contributed by atoms with van der Waals surface area (Å²) >= 11 is 11.9. The van der Waals surface area contributed by atoms with Crippen LogP contribution in [0.15, 0.2) is 72.5 Å². The lowest BCUT2D eigenvalue weighted by molar-refractivity contribution is -0.135. The fraction of sp³-hybridized carbons (Fsp3) is 0.0500. The molecule has 0 amide bonds. The first-order chi connectivity index (χ1) is 12.0. The van der Waals surface area contributed by atoms with Crippen molar-refractivity contribution >= 4 is 40.5 Å². The molecule has 0 aliphatic carbocycles. The van der Waals surface area contributed by atoms with Crippen LogP contribution in [0.25, 0.3) is 11.3 Å². The third-order valence-electron chi connectivity index (χ3n) is 3.58. The summed E-state index contributed by atoms with van der Waals surface area (Å²) in [5.74, 6) is 0.516. The SMILES string of the molecule is COC(=O)/C=C1/C=C(c2ccc(Cl)cc2)C=C(c2ccc(Cl)cc2)O1. The van der Waals surface area contributed by atoms with Crippen LogP contribution in [-0.4, -0.2) is 13.1 Å². The number of hydrogen-bond acceptors (Lipinski definition) is 3. The minimum absolute atomic E-state index is 0.393. The highest BCUT2D eigenvalue weighted by Gasteiger charge is 2.15. The highest BCUT2D eigenvalue weighted by molar-refractivity contribution is 6.30. The molecule has 126 valence electrons. The van der Waals surface area contributed by atoms with Crippen molar-refractivity contribution in [1.82, 2.24) is 0 Å². The van der Waals surface area contributed by atoms with Gasteiger partial charge in [0, 0.05) is 15.6 Å². The number of hydrogen-bond donors (Lipinski definition) is 0. The van der Waals surface area contributed by atoms with E-state index in [-0.39, 0.29) is 0 Å². The second-order valence-electron chi connectivity index (χ2n) is 5.29. The largest absolute Gasteiger partial charge is 0.466 e. The molecule has 3 nitrogen and oxygen atoms in total. The van der Waals surface area contributed by atoms with Gasteiger partial charge in [-0.2, -0.15) is 0 Å². The number of ether oxygens (including phenoxy) is 2. The number of carbonyl (C=O) groups is 1. The van der Waals surface area contributed by atoms with Crippen LogP contribution in [0.2, 0.25) is 10.0 Å². The van der Waals surface area contributed by atoms with Gasteiger partial charge in [0.2, 0.25) is 0 Å². The second kappa shape index (κ2) is 7.60. The molecule has 0 bridgehead atoms. The Hall–Kier alpha value is -2.49. The van der Waals surface area contributed by atoms with E-state index in [9.17, 15) is 4.79 Å². The van der Waals surface area contributed by atoms with E-state index in [1.54, 1.807) is 18.2 Å². The van der Waals surface area contributed by atoms with E-state index < -0.39 is 5.97 Å². The molecule has 0 N–H and O–H groups in total. The summed E-state index contributed by atoms with van der Waals surface area (Å²) in [6.07, 6.45) is 4.99. The molecule has 2 aromatic rings. The minimum atomic E-state index is -0.487. The molecule has 0 radical (unpaired) electrons. The molecule has 0 saturated carbocycles. The standard InChI is InChI=1S/C20H14Cl2O3/c1-24-20(23)12-18-10-15(13-2-6-16(21)7-3-13)11-19(25-18)14-4-8-17(22)9-5-14/h2-12H,1H3/b18-12-. The van der Waals surface area contributed by atoms with Gasteiger partial charge in [-0.05, 0) is 59.7 Å². The number of carbonyl (C=O) groups excluding carboxylic acids is 1. The first kappa shape index (κ1) is 17.3. The van der Waals surface area contributed by atoms with Crippen LogP contribution in [0.1, 0.15) is 11.1 Å². The van der Waals surface area contributed by atoms with Crippen molar-refractivity contribution in [2.45, 2.75) is 0 Å². The van der Waals surface area contributed by atoms with Gasteiger partial charge in [0.15, 0.2) is 0 Å². The monoisotopic (exact) mass is 372 g/mol. The summed E-state index contributed by atoms with van der Waals surface area (Å²) in [6.45, 7) is 0. The van der Waals surface area contributed by atoms with Crippen molar-refractivity contribution in [2.75, 3.05) is 7.11 Å². The molecule has 3 rings (SSSR count). The lowest BCUT2D eigenvalue weighted by Gasteiger charge is -2.18. The summed E-state index contributed by atoms with van der Waals surface area (Å²) in [6, 6.07) is 14.7. The van der Waals surface area contributed by atoms with Gasteiger partial charge in [0.25, 0.3) is 0 Å². The Labute approximate surface area is 155 Å². The molecule has 0 unspecified atom stereocenters. The number of halogens is 2. The summed E-state index contributed by atoms with van der Waals surface area (Å²) in [4.78, 5) is 11.6. The molecule has 1 aliphatic rings. The van der Waals surface area contributed by atoms with Gasteiger partial charge in [0.05, 0.1) is 13.2 Å². The molecular formula is C20H14Cl2O3. The first-order valence-corrected chi connectivity index (χ1v) is 8.23. The number of methoxy groups -OCH3 is 1. The number of rotatable bonds is 3. The van der Waals surface area contributed by atoms with Gasteiger partial charge in [-0.15, -0.1) is 0 Å². The van der Waals surface area contributed by atoms with Crippen LogP contribution in [0.3, 0.4) is 0 Å². The lowest BCUT2D eigenvalue weighted by Crippen LogP contribution is -2.03. The highest BCUT2D eigenvalue weighted by atomic mass is 35.5. The van der Waals surface area contributed by atoms with Crippen LogP contribution in [0.4, 0.5) is 0 Å². The van der Waals surface area contributed by atoms with E-state index in [4.69, 9.17) is 27.9 Å². The van der Waals surface area contributed by atoms with Crippen molar-refractivity contribution in [3.63, 3.8) is 0 Å². The fourth-order valence-electron chi connectivity index (χ4n) is 2.33. The normalized spacial score (nSPS) is 15.2. The topological polar surface area (TPSA) is 35.5 Å². The van der Waals surface area contributed by atoms with Crippen LogP contribution in [0, 0.1) is 0 Å². The molecule has 0 aromatic heterocycles. The lowest BCUT2D eigenvalue weighted by atomic mass is 10.0. The van der Waals surface area contributed by atoms with Crippen LogP contribution in [0.5, 0.6) is 0 Å². The third-order valence-corrected chi connectivity index (χ3v) is 4.08. The average molecular weight is 373 g/mol. The van der Waals surface area contributed by atoms with E-state index in [0.29, 0.717) is 21.6 Å². The zero-order valence-electron chi connectivity index (χ0n) is 13.3. The highest BCUT2D eigenvalue weighted by Crippen LogP contribution is 2.32. The zero-order valence-corrected chi connectivity index (χ0v) is 14.8. The van der Waals surface area contributed by atoms with Gasteiger partial charge < -0.3 is 9.47 Å². The molecule has 0 spiro atoms. The van der Waals surface area contributed by atoms with Crippen molar-refractivity contribution < 1.29 is 14.3 Å². The summed E-state index contributed by atoms with van der Waals surface area (Å²) < 4.78 is 10.5. The Morgan fingerprint density at radius 2 is 1.48 bits per heavy atom. The predicted molar refractivity (Wildman–Crippen MR) is 100 cm³/mol. The second-order valence-corrected chi connectivity index (χ2v) is 6.17. The smallest absolute Gasteiger partial charge is 0.334 e. The van der Waals surface area contributed by atoms with Gasteiger partial charge in [-0.3, -0.25) is 0 Å². The first-order valence-electron chi connectivity index (χ1n) is 7.48. The molecule has 0 atom stereocenters. The fourth-order valence-corrected chi connectivity index (χ4v) is 2.59. The number of allylic oxidation sites excluding steroid dienone is 3. The van der Waals surface area contributed by atoms with E-state index in [1.165, 1.54) is 13.2 Å². The molecule has 1 aliphatic heterocycles. The Kier molecular flexibility index (Phi) is 5.27. The Bertz CT molecular complexity index is 876. The van der Waals surface area contributed by atoms with Gasteiger partial charge in [0.1, 0.15) is 11.5 Å². The van der Waals surface area contributed by atoms with Crippen LogP contribution < -0.4 is 0 Å².